The molecule has 5 heteroatoms. The Balaban J connectivity index is 2.22. The van der Waals surface area contributed by atoms with Gasteiger partial charge in [0.2, 0.25) is 11.8 Å². The van der Waals surface area contributed by atoms with Gasteiger partial charge in [0.1, 0.15) is 0 Å². The molecule has 19 heavy (non-hydrogen) atoms. The first kappa shape index (κ1) is 16.0. The van der Waals surface area contributed by atoms with Crippen molar-refractivity contribution in [1.29, 1.82) is 0 Å². The fourth-order valence-corrected chi connectivity index (χ4v) is 2.22. The highest BCUT2D eigenvalue weighted by molar-refractivity contribution is 5.79. The van der Waals surface area contributed by atoms with E-state index in [4.69, 9.17) is 5.73 Å². The second-order valence-electron chi connectivity index (χ2n) is 6.02. The van der Waals surface area contributed by atoms with Crippen molar-refractivity contribution >= 4 is 11.8 Å². The third-order valence-electron chi connectivity index (χ3n) is 3.58. The maximum absolute atomic E-state index is 11.9. The fourth-order valence-electron chi connectivity index (χ4n) is 2.22. The minimum Gasteiger partial charge on any atom is -0.354 e. The molecule has 2 amide bonds. The van der Waals surface area contributed by atoms with Crippen LogP contribution in [-0.2, 0) is 9.59 Å². The molecule has 0 aromatic rings. The molecule has 0 spiro atoms. The molecule has 0 aromatic carbocycles. The van der Waals surface area contributed by atoms with Crippen LogP contribution in [0.3, 0.4) is 0 Å². The van der Waals surface area contributed by atoms with Crippen molar-refractivity contribution in [3.63, 3.8) is 0 Å². The van der Waals surface area contributed by atoms with E-state index in [-0.39, 0.29) is 23.4 Å². The van der Waals surface area contributed by atoms with Crippen LogP contribution in [0.4, 0.5) is 0 Å². The van der Waals surface area contributed by atoms with Crippen molar-refractivity contribution in [2.75, 3.05) is 6.54 Å². The number of hydrogen-bond donors (Lipinski definition) is 3. The second-order valence-corrected chi connectivity index (χ2v) is 6.02. The summed E-state index contributed by atoms with van der Waals surface area (Å²) in [6, 6.07) is 0.150. The Morgan fingerprint density at radius 3 is 2.32 bits per heavy atom. The Hall–Kier alpha value is -1.10. The van der Waals surface area contributed by atoms with Gasteiger partial charge in [-0.3, -0.25) is 9.59 Å². The predicted octanol–water partition coefficient (Wildman–Crippen LogP) is 0.925. The van der Waals surface area contributed by atoms with E-state index in [9.17, 15) is 9.59 Å². The number of amides is 2. The Kier molecular flexibility index (Phi) is 5.79. The number of nitrogens with one attached hydrogen (secondary N) is 2. The number of carbonyl (C=O) groups is 2. The predicted molar refractivity (Wildman–Crippen MR) is 75.5 cm³/mol. The van der Waals surface area contributed by atoms with Crippen LogP contribution in [0.15, 0.2) is 0 Å². The Bertz CT molecular complexity index is 327. The van der Waals surface area contributed by atoms with E-state index in [2.05, 4.69) is 10.6 Å². The van der Waals surface area contributed by atoms with Gasteiger partial charge in [-0.05, 0) is 46.0 Å². The van der Waals surface area contributed by atoms with E-state index in [0.29, 0.717) is 31.7 Å². The van der Waals surface area contributed by atoms with Gasteiger partial charge in [0.05, 0.1) is 5.54 Å². The van der Waals surface area contributed by atoms with Crippen molar-refractivity contribution in [3.05, 3.63) is 0 Å². The lowest BCUT2D eigenvalue weighted by atomic mass is 9.95. The van der Waals surface area contributed by atoms with Gasteiger partial charge in [0, 0.05) is 25.4 Å². The zero-order valence-electron chi connectivity index (χ0n) is 12.3. The van der Waals surface area contributed by atoms with Gasteiger partial charge >= 0.3 is 0 Å². The summed E-state index contributed by atoms with van der Waals surface area (Å²) in [5.74, 6) is 0.523. The molecule has 0 radical (unpaired) electrons. The van der Waals surface area contributed by atoms with Gasteiger partial charge in [-0.1, -0.05) is 0 Å². The Labute approximate surface area is 115 Å². The van der Waals surface area contributed by atoms with Crippen molar-refractivity contribution in [2.24, 2.45) is 11.7 Å². The lowest BCUT2D eigenvalue weighted by Crippen LogP contribution is -2.53. The van der Waals surface area contributed by atoms with Gasteiger partial charge in [-0.25, -0.2) is 0 Å². The van der Waals surface area contributed by atoms with Crippen LogP contribution in [0.25, 0.3) is 0 Å². The molecule has 4 N–H and O–H groups in total. The molecule has 0 bridgehead atoms. The lowest BCUT2D eigenvalue weighted by Gasteiger charge is -2.29. The van der Waals surface area contributed by atoms with E-state index in [1.165, 1.54) is 0 Å². The van der Waals surface area contributed by atoms with Gasteiger partial charge in [0.15, 0.2) is 0 Å². The summed E-state index contributed by atoms with van der Waals surface area (Å²) in [6.07, 6.45) is 3.65. The zero-order chi connectivity index (χ0) is 14.5. The maximum atomic E-state index is 11.9. The third-order valence-corrected chi connectivity index (χ3v) is 3.58. The average Bonchev–Trinajstić information content (AvgIpc) is 3.11. The fraction of sp³-hybridized carbons (Fsp3) is 0.857. The average molecular weight is 269 g/mol. The molecule has 1 aliphatic rings. The first-order valence-corrected chi connectivity index (χ1v) is 7.18. The second kappa shape index (κ2) is 6.89. The van der Waals surface area contributed by atoms with Crippen LogP contribution in [0.2, 0.25) is 0 Å². The normalized spacial score (nSPS) is 17.9. The standard InChI is InChI=1S/C14H27N3O2/c1-10(2)16-12(18)5-4-6-13(19)17-14(3,9-15)11-7-8-11/h10-11H,4-9,15H2,1-3H3,(H,16,18)(H,17,19). The van der Waals surface area contributed by atoms with Crippen LogP contribution in [0, 0.1) is 5.92 Å². The molecular weight excluding hydrogens is 242 g/mol. The van der Waals surface area contributed by atoms with Crippen LogP contribution in [-0.4, -0.2) is 29.9 Å². The van der Waals surface area contributed by atoms with Crippen LogP contribution >= 0.6 is 0 Å². The topological polar surface area (TPSA) is 84.2 Å². The molecule has 1 aliphatic carbocycles. The number of hydrogen-bond acceptors (Lipinski definition) is 3. The quantitative estimate of drug-likeness (QED) is 0.613. The van der Waals surface area contributed by atoms with E-state index in [0.717, 1.165) is 12.8 Å². The first-order valence-electron chi connectivity index (χ1n) is 7.18. The zero-order valence-corrected chi connectivity index (χ0v) is 12.3. The summed E-state index contributed by atoms with van der Waals surface area (Å²) >= 11 is 0. The van der Waals surface area contributed by atoms with Gasteiger partial charge in [-0.15, -0.1) is 0 Å². The lowest BCUT2D eigenvalue weighted by molar-refractivity contribution is -0.123. The summed E-state index contributed by atoms with van der Waals surface area (Å²) in [4.78, 5) is 23.3. The molecule has 110 valence electrons. The molecule has 1 atom stereocenters. The molecule has 0 saturated heterocycles. The van der Waals surface area contributed by atoms with Gasteiger partial charge in [-0.2, -0.15) is 0 Å². The van der Waals surface area contributed by atoms with E-state index >= 15 is 0 Å². The molecule has 1 unspecified atom stereocenters. The molecule has 1 fully saturated rings. The van der Waals surface area contributed by atoms with Crippen molar-refractivity contribution in [1.82, 2.24) is 10.6 Å². The first-order chi connectivity index (χ1) is 8.87. The molecule has 0 aromatic heterocycles. The summed E-state index contributed by atoms with van der Waals surface area (Å²) in [7, 11) is 0. The molecule has 1 rings (SSSR count). The van der Waals surface area contributed by atoms with Gasteiger partial charge in [0.25, 0.3) is 0 Å². The maximum Gasteiger partial charge on any atom is 0.220 e. The minimum atomic E-state index is -0.267. The molecule has 0 aliphatic heterocycles. The summed E-state index contributed by atoms with van der Waals surface area (Å²) in [6.45, 7) is 6.32. The SMILES string of the molecule is CC(C)NC(=O)CCCC(=O)NC(C)(CN)C1CC1. The highest BCUT2D eigenvalue weighted by Crippen LogP contribution is 2.38. The molecule has 0 heterocycles. The molecule has 5 nitrogen and oxygen atoms in total. The molecular formula is C14H27N3O2. The Morgan fingerprint density at radius 2 is 1.84 bits per heavy atom. The highest BCUT2D eigenvalue weighted by Gasteiger charge is 2.41. The summed E-state index contributed by atoms with van der Waals surface area (Å²) < 4.78 is 0. The van der Waals surface area contributed by atoms with Crippen molar-refractivity contribution in [2.45, 2.75) is 64.5 Å². The van der Waals surface area contributed by atoms with E-state index < -0.39 is 0 Å². The minimum absolute atomic E-state index is 0.00260. The summed E-state index contributed by atoms with van der Waals surface area (Å²) in [5.41, 5.74) is 5.48. The van der Waals surface area contributed by atoms with Crippen LogP contribution in [0.5, 0.6) is 0 Å². The number of carbonyl (C=O) groups excluding carboxylic acids is 2. The van der Waals surface area contributed by atoms with Crippen molar-refractivity contribution in [3.8, 4) is 0 Å². The van der Waals surface area contributed by atoms with Gasteiger partial charge < -0.3 is 16.4 Å². The van der Waals surface area contributed by atoms with Crippen LogP contribution in [0.1, 0.15) is 52.9 Å². The number of rotatable bonds is 8. The van der Waals surface area contributed by atoms with E-state index in [1.54, 1.807) is 0 Å². The van der Waals surface area contributed by atoms with Crippen molar-refractivity contribution < 1.29 is 9.59 Å². The van der Waals surface area contributed by atoms with E-state index in [1.807, 2.05) is 20.8 Å². The largest absolute Gasteiger partial charge is 0.354 e. The monoisotopic (exact) mass is 269 g/mol. The summed E-state index contributed by atoms with van der Waals surface area (Å²) in [5, 5.41) is 5.84. The van der Waals surface area contributed by atoms with Crippen LogP contribution < -0.4 is 16.4 Å². The third kappa shape index (κ3) is 5.59. The highest BCUT2D eigenvalue weighted by atomic mass is 16.2. The Morgan fingerprint density at radius 1 is 1.26 bits per heavy atom. The smallest absolute Gasteiger partial charge is 0.220 e. The number of nitrogens with two attached hydrogens (primary N) is 1. The molecule has 1 saturated carbocycles.